The van der Waals surface area contributed by atoms with Gasteiger partial charge in [0.05, 0.1) is 0 Å². The molecule has 1 saturated heterocycles. The molecule has 0 N–H and O–H groups in total. The van der Waals surface area contributed by atoms with Crippen molar-refractivity contribution >= 4 is 11.4 Å². The molecule has 0 saturated carbocycles. The van der Waals surface area contributed by atoms with Crippen molar-refractivity contribution in [3.05, 3.63) is 0 Å². The first kappa shape index (κ1) is 18.5. The molecule has 0 spiro atoms. The molecule has 0 radical (unpaired) electrons. The molecule has 1 fully saturated rings. The molecule has 1 heterocycles. The summed E-state index contributed by atoms with van der Waals surface area (Å²) in [5, 5.41) is 0. The van der Waals surface area contributed by atoms with Gasteiger partial charge < -0.3 is 0 Å². The minimum Gasteiger partial charge on any atom is -0.193 e. The van der Waals surface area contributed by atoms with Gasteiger partial charge in [-0.1, -0.05) is 47.0 Å². The van der Waals surface area contributed by atoms with Gasteiger partial charge in [-0.05, 0) is 12.8 Å². The Hall–Kier alpha value is 0.1000. The Balaban J connectivity index is 0. The molecule has 1 nitrogen and oxygen atoms in total. The first-order valence-corrected chi connectivity index (χ1v) is 7.40. The zero-order chi connectivity index (χ0) is 13.0. The highest BCUT2D eigenvalue weighted by atomic mass is 32.3. The fraction of sp³-hybridized carbons (Fsp3) is 1.00. The molecule has 1 aliphatic heterocycles. The van der Waals surface area contributed by atoms with E-state index in [9.17, 15) is 11.7 Å². The van der Waals surface area contributed by atoms with Crippen LogP contribution in [0.15, 0.2) is 0 Å². The number of nitrogens with zero attached hydrogens (tertiary/aromatic N) is 1. The van der Waals surface area contributed by atoms with Crippen molar-refractivity contribution in [3.8, 4) is 0 Å². The third kappa shape index (κ3) is 12.2. The van der Waals surface area contributed by atoms with Crippen molar-refractivity contribution in [1.29, 1.82) is 0 Å². The summed E-state index contributed by atoms with van der Waals surface area (Å²) in [6.07, 6.45) is 4.85. The average molecular weight is 261 g/mol. The van der Waals surface area contributed by atoms with Crippen molar-refractivity contribution in [2.75, 3.05) is 13.1 Å². The lowest BCUT2D eigenvalue weighted by molar-refractivity contribution is 0.326. The summed E-state index contributed by atoms with van der Waals surface area (Å²) >= 11 is -4.89. The van der Waals surface area contributed by atoms with Crippen LogP contribution in [0.5, 0.6) is 0 Å². The normalized spacial score (nSPS) is 17.7. The molecule has 0 aromatic carbocycles. The topological polar surface area (TPSA) is 3.24 Å². The monoisotopic (exact) mass is 261 g/mol. The summed E-state index contributed by atoms with van der Waals surface area (Å²) in [7, 11) is 0. The van der Waals surface area contributed by atoms with E-state index in [-0.39, 0.29) is 13.1 Å². The minimum atomic E-state index is -4.89. The molecule has 0 amide bonds. The third-order valence-corrected chi connectivity index (χ3v) is 2.56. The molecular weight excluding hydrogens is 235 g/mol. The van der Waals surface area contributed by atoms with Crippen LogP contribution < -0.4 is 0 Å². The summed E-state index contributed by atoms with van der Waals surface area (Å²) in [5.41, 5.74) is 0. The van der Waals surface area contributed by atoms with E-state index in [1.807, 2.05) is 0 Å². The molecule has 0 bridgehead atoms. The molecule has 1 rings (SSSR count). The second kappa shape index (κ2) is 11.6. The Bertz CT molecular complexity index is 132. The summed E-state index contributed by atoms with van der Waals surface area (Å²) in [4.78, 5) is 0. The van der Waals surface area contributed by atoms with Crippen molar-refractivity contribution < 1.29 is 11.7 Å². The molecule has 0 aliphatic carbocycles. The fourth-order valence-corrected chi connectivity index (χ4v) is 1.74. The van der Waals surface area contributed by atoms with Crippen LogP contribution in [0, 0.1) is 0 Å². The maximum atomic E-state index is 12.0. The van der Waals surface area contributed by atoms with Gasteiger partial charge in [0, 0.05) is 13.1 Å². The zero-order valence-corrected chi connectivity index (χ0v) is 11.8. The number of rotatable bonds is 1. The van der Waals surface area contributed by atoms with Crippen LogP contribution in [0.2, 0.25) is 0 Å². The Morgan fingerprint density at radius 2 is 1.12 bits per heavy atom. The SMILES string of the molecule is CCC.CCC.FS(F)(F)N1CCCCC1. The van der Waals surface area contributed by atoms with Gasteiger partial charge in [0.2, 0.25) is 0 Å². The molecular formula is C11H26F3NS. The largest absolute Gasteiger partial charge is 0.278 e. The van der Waals surface area contributed by atoms with E-state index in [0.717, 1.165) is 6.42 Å². The first-order valence-electron chi connectivity index (χ1n) is 6.11. The first-order chi connectivity index (χ1) is 7.43. The number of piperidine rings is 1. The summed E-state index contributed by atoms with van der Waals surface area (Å²) in [6.45, 7) is 8.94. The summed E-state index contributed by atoms with van der Waals surface area (Å²) < 4.78 is 36.5. The van der Waals surface area contributed by atoms with E-state index in [1.165, 1.54) is 12.8 Å². The van der Waals surface area contributed by atoms with Crippen LogP contribution in [0.25, 0.3) is 0 Å². The van der Waals surface area contributed by atoms with Gasteiger partial charge in [-0.25, -0.2) is 0 Å². The van der Waals surface area contributed by atoms with Gasteiger partial charge in [-0.2, -0.15) is 4.31 Å². The molecule has 102 valence electrons. The molecule has 0 unspecified atom stereocenters. The molecule has 16 heavy (non-hydrogen) atoms. The lowest BCUT2D eigenvalue weighted by Gasteiger charge is -2.29. The number of hydrogen-bond donors (Lipinski definition) is 0. The van der Waals surface area contributed by atoms with Crippen LogP contribution >= 0.6 is 11.4 Å². The van der Waals surface area contributed by atoms with Crippen molar-refractivity contribution in [2.24, 2.45) is 0 Å². The standard InChI is InChI=1S/C5H10F3NS.2C3H8/c6-10(7,8)9-4-2-1-3-5-9;2*1-3-2/h1-5H2;2*3H2,1-2H3. The van der Waals surface area contributed by atoms with Gasteiger partial charge in [-0.3, -0.25) is 0 Å². The van der Waals surface area contributed by atoms with Gasteiger partial charge in [-0.15, -0.1) is 11.7 Å². The van der Waals surface area contributed by atoms with Crippen LogP contribution in [0.4, 0.5) is 11.7 Å². The summed E-state index contributed by atoms with van der Waals surface area (Å²) in [5.74, 6) is 0. The highest BCUT2D eigenvalue weighted by molar-refractivity contribution is 8.18. The Morgan fingerprint density at radius 1 is 0.812 bits per heavy atom. The molecule has 1 aliphatic rings. The maximum Gasteiger partial charge on any atom is 0.278 e. The van der Waals surface area contributed by atoms with Crippen LogP contribution in [0.1, 0.15) is 59.8 Å². The lowest BCUT2D eigenvalue weighted by Crippen LogP contribution is -2.27. The number of hydrogen-bond acceptors (Lipinski definition) is 1. The average Bonchev–Trinajstić information content (AvgIpc) is 2.20. The lowest BCUT2D eigenvalue weighted by atomic mass is 10.2. The Kier molecular flexibility index (Phi) is 13.4. The van der Waals surface area contributed by atoms with Crippen LogP contribution in [-0.2, 0) is 0 Å². The van der Waals surface area contributed by atoms with Gasteiger partial charge in [0.15, 0.2) is 0 Å². The second-order valence-electron chi connectivity index (χ2n) is 3.79. The van der Waals surface area contributed by atoms with E-state index >= 15 is 0 Å². The number of halogens is 3. The Morgan fingerprint density at radius 3 is 1.31 bits per heavy atom. The van der Waals surface area contributed by atoms with Crippen LogP contribution in [0.3, 0.4) is 0 Å². The quantitative estimate of drug-likeness (QED) is 0.587. The molecule has 5 heteroatoms. The molecule has 0 aromatic heterocycles. The predicted molar refractivity (Wildman–Crippen MR) is 68.3 cm³/mol. The van der Waals surface area contributed by atoms with Crippen molar-refractivity contribution in [2.45, 2.75) is 59.8 Å². The van der Waals surface area contributed by atoms with Crippen molar-refractivity contribution in [1.82, 2.24) is 4.31 Å². The predicted octanol–water partition coefficient (Wildman–Crippen LogP) is 5.68. The van der Waals surface area contributed by atoms with Crippen molar-refractivity contribution in [3.63, 3.8) is 0 Å². The smallest absolute Gasteiger partial charge is 0.193 e. The minimum absolute atomic E-state index is 0.221. The van der Waals surface area contributed by atoms with Crippen LogP contribution in [-0.4, -0.2) is 17.4 Å². The van der Waals surface area contributed by atoms with E-state index in [1.54, 1.807) is 0 Å². The third-order valence-electron chi connectivity index (χ3n) is 1.61. The van der Waals surface area contributed by atoms with E-state index in [2.05, 4.69) is 27.7 Å². The molecule has 0 aromatic rings. The van der Waals surface area contributed by atoms with Gasteiger partial charge >= 0.3 is 0 Å². The Labute approximate surface area is 101 Å². The fourth-order valence-electron chi connectivity index (χ4n) is 1.07. The second-order valence-corrected chi connectivity index (χ2v) is 5.07. The summed E-state index contributed by atoms with van der Waals surface area (Å²) in [6, 6.07) is 0. The van der Waals surface area contributed by atoms with Gasteiger partial charge in [0.25, 0.3) is 11.4 Å². The van der Waals surface area contributed by atoms with E-state index in [4.69, 9.17) is 0 Å². The molecule has 0 atom stereocenters. The van der Waals surface area contributed by atoms with E-state index < -0.39 is 11.4 Å². The van der Waals surface area contributed by atoms with Gasteiger partial charge in [0.1, 0.15) is 0 Å². The van der Waals surface area contributed by atoms with E-state index in [0.29, 0.717) is 17.1 Å². The maximum absolute atomic E-state index is 12.0. The zero-order valence-electron chi connectivity index (χ0n) is 10.9. The highest BCUT2D eigenvalue weighted by Gasteiger charge is 2.31. The highest BCUT2D eigenvalue weighted by Crippen LogP contribution is 2.57.